The van der Waals surface area contributed by atoms with E-state index in [1.54, 1.807) is 13.1 Å². The zero-order valence-corrected chi connectivity index (χ0v) is 17.4. The number of pyridine rings is 1. The molecule has 2 heterocycles. The van der Waals surface area contributed by atoms with Crippen molar-refractivity contribution in [3.8, 4) is 5.75 Å². The largest absolute Gasteiger partial charge is 0.489 e. The summed E-state index contributed by atoms with van der Waals surface area (Å²) in [6.45, 7) is 8.87. The van der Waals surface area contributed by atoms with Gasteiger partial charge in [0.05, 0.1) is 0 Å². The van der Waals surface area contributed by atoms with Gasteiger partial charge < -0.3 is 20.3 Å². The summed E-state index contributed by atoms with van der Waals surface area (Å²) in [6, 6.07) is 14.6. The number of hydrogen-bond donors (Lipinski definition) is 2. The Morgan fingerprint density at radius 2 is 2.03 bits per heavy atom. The van der Waals surface area contributed by atoms with Gasteiger partial charge in [0.2, 0.25) is 0 Å². The van der Waals surface area contributed by atoms with E-state index in [9.17, 15) is 0 Å². The standard InChI is InChI=1S/C23H31N5O/c1-4-16-29-21-10-6-5-9-19(21)17-25-23(24-3)27-20-12-14-28(15-13-20)22-11-7-8-18(2)26-22/h4-11,20H,1,12-17H2,2-3H3,(H2,24,25,27). The van der Waals surface area contributed by atoms with Gasteiger partial charge in [-0.2, -0.15) is 0 Å². The van der Waals surface area contributed by atoms with Crippen molar-refractivity contribution < 1.29 is 4.74 Å². The summed E-state index contributed by atoms with van der Waals surface area (Å²) in [5.41, 5.74) is 2.15. The summed E-state index contributed by atoms with van der Waals surface area (Å²) in [5, 5.41) is 6.96. The second-order valence-electron chi connectivity index (χ2n) is 7.18. The maximum absolute atomic E-state index is 5.73. The van der Waals surface area contributed by atoms with E-state index in [2.05, 4.69) is 50.3 Å². The van der Waals surface area contributed by atoms with Crippen molar-refractivity contribution in [2.45, 2.75) is 32.4 Å². The molecule has 3 rings (SSSR count). The third kappa shape index (κ3) is 5.98. The van der Waals surface area contributed by atoms with Crippen LogP contribution in [0.5, 0.6) is 5.75 Å². The number of piperidine rings is 1. The lowest BCUT2D eigenvalue weighted by atomic mass is 10.1. The molecule has 0 unspecified atom stereocenters. The SMILES string of the molecule is C=CCOc1ccccc1CNC(=NC)NC1CCN(c2cccc(C)n2)CC1. The highest BCUT2D eigenvalue weighted by Crippen LogP contribution is 2.19. The van der Waals surface area contributed by atoms with Crippen LogP contribution in [0.2, 0.25) is 0 Å². The van der Waals surface area contributed by atoms with Crippen molar-refractivity contribution >= 4 is 11.8 Å². The number of hydrogen-bond acceptors (Lipinski definition) is 4. The highest BCUT2D eigenvalue weighted by molar-refractivity contribution is 5.80. The summed E-state index contributed by atoms with van der Waals surface area (Å²) in [6.07, 6.45) is 3.86. The molecule has 0 spiro atoms. The zero-order chi connectivity index (χ0) is 20.5. The van der Waals surface area contributed by atoms with E-state index in [1.807, 2.05) is 31.2 Å². The summed E-state index contributed by atoms with van der Waals surface area (Å²) >= 11 is 0. The van der Waals surface area contributed by atoms with Crippen LogP contribution in [0, 0.1) is 6.92 Å². The van der Waals surface area contributed by atoms with Crippen molar-refractivity contribution in [1.82, 2.24) is 15.6 Å². The second kappa shape index (κ2) is 10.5. The zero-order valence-electron chi connectivity index (χ0n) is 17.4. The molecule has 0 saturated carbocycles. The summed E-state index contributed by atoms with van der Waals surface area (Å²) in [7, 11) is 1.81. The number of aryl methyl sites for hydroxylation is 1. The average Bonchev–Trinajstić information content (AvgIpc) is 2.76. The summed E-state index contributed by atoms with van der Waals surface area (Å²) < 4.78 is 5.73. The normalized spacial score (nSPS) is 15.1. The Bertz CT molecular complexity index is 828. The molecule has 154 valence electrons. The number of nitrogens with one attached hydrogen (secondary N) is 2. The monoisotopic (exact) mass is 393 g/mol. The van der Waals surface area contributed by atoms with Crippen molar-refractivity contribution in [2.75, 3.05) is 31.6 Å². The Labute approximate surface area is 173 Å². The molecule has 6 nitrogen and oxygen atoms in total. The van der Waals surface area contributed by atoms with Gasteiger partial charge in [0, 0.05) is 44.0 Å². The van der Waals surface area contributed by atoms with Crippen LogP contribution in [0.3, 0.4) is 0 Å². The van der Waals surface area contributed by atoms with E-state index in [0.29, 0.717) is 19.2 Å². The second-order valence-corrected chi connectivity index (χ2v) is 7.18. The van der Waals surface area contributed by atoms with Crippen LogP contribution in [0.1, 0.15) is 24.1 Å². The number of rotatable bonds is 7. The molecule has 0 aliphatic carbocycles. The lowest BCUT2D eigenvalue weighted by Crippen LogP contribution is -2.48. The highest BCUT2D eigenvalue weighted by atomic mass is 16.5. The quantitative estimate of drug-likeness (QED) is 0.429. The van der Waals surface area contributed by atoms with Crippen molar-refractivity contribution in [3.05, 3.63) is 66.4 Å². The smallest absolute Gasteiger partial charge is 0.191 e. The molecule has 1 aliphatic rings. The number of aromatic nitrogens is 1. The molecule has 0 amide bonds. The molecule has 1 fully saturated rings. The van der Waals surface area contributed by atoms with E-state index in [1.165, 1.54) is 0 Å². The minimum Gasteiger partial charge on any atom is -0.489 e. The Kier molecular flexibility index (Phi) is 7.50. The average molecular weight is 394 g/mol. The molecule has 2 aromatic rings. The Morgan fingerprint density at radius 3 is 2.76 bits per heavy atom. The predicted octanol–water partition coefficient (Wildman–Crippen LogP) is 3.29. The number of ether oxygens (including phenoxy) is 1. The molecule has 1 aromatic carbocycles. The molecule has 0 bridgehead atoms. The molecule has 2 N–H and O–H groups in total. The fourth-order valence-corrected chi connectivity index (χ4v) is 3.46. The molecular weight excluding hydrogens is 362 g/mol. The molecule has 29 heavy (non-hydrogen) atoms. The first-order chi connectivity index (χ1) is 14.2. The van der Waals surface area contributed by atoms with E-state index in [4.69, 9.17) is 4.74 Å². The highest BCUT2D eigenvalue weighted by Gasteiger charge is 2.21. The molecule has 0 radical (unpaired) electrons. The van der Waals surface area contributed by atoms with Gasteiger partial charge in [-0.15, -0.1) is 0 Å². The van der Waals surface area contributed by atoms with E-state index >= 15 is 0 Å². The van der Waals surface area contributed by atoms with Crippen LogP contribution in [0.25, 0.3) is 0 Å². The van der Waals surface area contributed by atoms with Gasteiger partial charge in [0.1, 0.15) is 18.2 Å². The third-order valence-corrected chi connectivity index (χ3v) is 5.03. The van der Waals surface area contributed by atoms with Crippen molar-refractivity contribution in [2.24, 2.45) is 4.99 Å². The maximum atomic E-state index is 5.73. The van der Waals surface area contributed by atoms with Crippen LogP contribution >= 0.6 is 0 Å². The first kappa shape index (κ1) is 20.7. The van der Waals surface area contributed by atoms with Crippen LogP contribution in [0.4, 0.5) is 5.82 Å². The van der Waals surface area contributed by atoms with E-state index in [0.717, 1.165) is 54.7 Å². The van der Waals surface area contributed by atoms with Gasteiger partial charge >= 0.3 is 0 Å². The van der Waals surface area contributed by atoms with Crippen LogP contribution in [0.15, 0.2) is 60.1 Å². The van der Waals surface area contributed by atoms with Crippen molar-refractivity contribution in [3.63, 3.8) is 0 Å². The molecule has 1 aromatic heterocycles. The molecular formula is C23H31N5O. The number of para-hydroxylation sites is 1. The van der Waals surface area contributed by atoms with Gasteiger partial charge in [-0.05, 0) is 38.0 Å². The number of nitrogens with zero attached hydrogens (tertiary/aromatic N) is 3. The molecule has 1 saturated heterocycles. The summed E-state index contributed by atoms with van der Waals surface area (Å²) in [5.74, 6) is 2.76. The molecule has 0 atom stereocenters. The van der Waals surface area contributed by atoms with Gasteiger partial charge in [-0.1, -0.05) is 36.9 Å². The van der Waals surface area contributed by atoms with Gasteiger partial charge in [-0.25, -0.2) is 4.98 Å². The van der Waals surface area contributed by atoms with Crippen molar-refractivity contribution in [1.29, 1.82) is 0 Å². The Hall–Kier alpha value is -3.02. The Balaban J connectivity index is 1.49. The van der Waals surface area contributed by atoms with E-state index < -0.39 is 0 Å². The molecule has 1 aliphatic heterocycles. The number of anilines is 1. The topological polar surface area (TPSA) is 61.8 Å². The fourth-order valence-electron chi connectivity index (χ4n) is 3.46. The fraction of sp³-hybridized carbons (Fsp3) is 0.391. The minimum atomic E-state index is 0.398. The van der Waals surface area contributed by atoms with Gasteiger partial charge in [0.25, 0.3) is 0 Å². The van der Waals surface area contributed by atoms with Crippen LogP contribution in [-0.4, -0.2) is 43.7 Å². The molecule has 6 heteroatoms. The number of aliphatic imine (C=N–C) groups is 1. The predicted molar refractivity (Wildman–Crippen MR) is 120 cm³/mol. The number of benzene rings is 1. The van der Waals surface area contributed by atoms with Gasteiger partial charge in [-0.3, -0.25) is 4.99 Å². The van der Waals surface area contributed by atoms with Crippen LogP contribution < -0.4 is 20.3 Å². The van der Waals surface area contributed by atoms with Gasteiger partial charge in [0.15, 0.2) is 5.96 Å². The van der Waals surface area contributed by atoms with E-state index in [-0.39, 0.29) is 0 Å². The maximum Gasteiger partial charge on any atom is 0.191 e. The minimum absolute atomic E-state index is 0.398. The Morgan fingerprint density at radius 1 is 1.24 bits per heavy atom. The number of guanidine groups is 1. The first-order valence-corrected chi connectivity index (χ1v) is 10.2. The first-order valence-electron chi connectivity index (χ1n) is 10.2. The lowest BCUT2D eigenvalue weighted by Gasteiger charge is -2.34. The van der Waals surface area contributed by atoms with Crippen LogP contribution in [-0.2, 0) is 6.54 Å². The summed E-state index contributed by atoms with van der Waals surface area (Å²) in [4.78, 5) is 11.4. The lowest BCUT2D eigenvalue weighted by molar-refractivity contribution is 0.358. The third-order valence-electron chi connectivity index (χ3n) is 5.03.